The van der Waals surface area contributed by atoms with Gasteiger partial charge in [0.25, 0.3) is 0 Å². The van der Waals surface area contributed by atoms with Crippen molar-refractivity contribution >= 4 is 5.91 Å². The molecule has 0 heterocycles. The van der Waals surface area contributed by atoms with Crippen molar-refractivity contribution in [1.82, 2.24) is 5.32 Å². The van der Waals surface area contributed by atoms with E-state index < -0.39 is 12.6 Å². The maximum Gasteiger partial charge on any atom is 0.389 e. The normalized spacial score (nSPS) is 13.6. The Hall–Kier alpha value is -0.780. The highest BCUT2D eigenvalue weighted by Crippen LogP contribution is 2.22. The van der Waals surface area contributed by atoms with Crippen molar-refractivity contribution in [2.24, 2.45) is 5.73 Å². The van der Waals surface area contributed by atoms with Crippen molar-refractivity contribution < 1.29 is 18.0 Å². The molecular weight excluding hydrogens is 233 g/mol. The Bertz CT molecular complexity index is 219. The number of halogens is 3. The molecule has 0 aliphatic carbocycles. The summed E-state index contributed by atoms with van der Waals surface area (Å²) in [7, 11) is 0. The van der Waals surface area contributed by atoms with Crippen LogP contribution in [0.2, 0.25) is 0 Å². The fraction of sp³-hybridized carbons (Fsp3) is 0.909. The summed E-state index contributed by atoms with van der Waals surface area (Å²) in [5, 5.41) is 3.12. The van der Waals surface area contributed by atoms with Gasteiger partial charge in [0.15, 0.2) is 0 Å². The molecule has 1 amide bonds. The van der Waals surface area contributed by atoms with Crippen LogP contribution in [0.4, 0.5) is 13.2 Å². The van der Waals surface area contributed by atoms with Crippen molar-refractivity contribution in [2.45, 2.75) is 57.7 Å². The second kappa shape index (κ2) is 8.33. The number of hydrogen-bond acceptors (Lipinski definition) is 2. The van der Waals surface area contributed by atoms with Crippen molar-refractivity contribution in [2.75, 3.05) is 6.54 Å². The van der Waals surface area contributed by atoms with Crippen LogP contribution in [0, 0.1) is 0 Å². The number of nitrogens with two attached hydrogens (primary N) is 1. The maximum atomic E-state index is 11.9. The quantitative estimate of drug-likeness (QED) is 0.620. The van der Waals surface area contributed by atoms with E-state index in [2.05, 4.69) is 5.32 Å². The molecule has 1 unspecified atom stereocenters. The third-order valence-electron chi connectivity index (χ3n) is 2.44. The number of unbranched alkanes of at least 4 members (excludes halogenated alkanes) is 1. The molecule has 6 heteroatoms. The van der Waals surface area contributed by atoms with E-state index in [0.717, 1.165) is 12.8 Å². The molecule has 1 atom stereocenters. The van der Waals surface area contributed by atoms with Crippen LogP contribution in [0.3, 0.4) is 0 Å². The number of alkyl halides is 3. The van der Waals surface area contributed by atoms with Gasteiger partial charge in [-0.2, -0.15) is 13.2 Å². The number of carbonyl (C=O) groups is 1. The van der Waals surface area contributed by atoms with Gasteiger partial charge in [0.1, 0.15) is 0 Å². The van der Waals surface area contributed by atoms with E-state index in [-0.39, 0.29) is 18.4 Å². The summed E-state index contributed by atoms with van der Waals surface area (Å²) < 4.78 is 35.6. The molecule has 0 aromatic heterocycles. The number of primary amides is 1. The summed E-state index contributed by atoms with van der Waals surface area (Å²) >= 11 is 0. The minimum absolute atomic E-state index is 0.0749. The second-order valence-electron chi connectivity index (χ2n) is 4.29. The summed E-state index contributed by atoms with van der Waals surface area (Å²) in [6, 6.07) is 0.0749. The lowest BCUT2D eigenvalue weighted by atomic mass is 10.1. The molecular formula is C11H21F3N2O. The highest BCUT2D eigenvalue weighted by atomic mass is 19.4. The van der Waals surface area contributed by atoms with Gasteiger partial charge in [-0.15, -0.1) is 0 Å². The molecule has 3 N–H and O–H groups in total. The molecule has 0 aromatic rings. The minimum atomic E-state index is -4.05. The zero-order valence-corrected chi connectivity index (χ0v) is 10.1. The smallest absolute Gasteiger partial charge is 0.370 e. The van der Waals surface area contributed by atoms with Crippen LogP contribution in [-0.2, 0) is 4.79 Å². The highest BCUT2D eigenvalue weighted by molar-refractivity contribution is 5.73. The highest BCUT2D eigenvalue weighted by Gasteiger charge is 2.26. The van der Waals surface area contributed by atoms with E-state index in [9.17, 15) is 18.0 Å². The molecule has 0 aliphatic heterocycles. The average molecular weight is 254 g/mol. The maximum absolute atomic E-state index is 11.9. The Labute approximate surface area is 99.9 Å². The van der Waals surface area contributed by atoms with Crippen molar-refractivity contribution in [1.29, 1.82) is 0 Å². The van der Waals surface area contributed by atoms with Gasteiger partial charge >= 0.3 is 6.18 Å². The zero-order valence-electron chi connectivity index (χ0n) is 10.1. The predicted molar refractivity (Wildman–Crippen MR) is 60.4 cm³/mol. The molecule has 0 rings (SSSR count). The lowest BCUT2D eigenvalue weighted by Gasteiger charge is -2.14. The van der Waals surface area contributed by atoms with E-state index in [4.69, 9.17) is 5.73 Å². The SMILES string of the molecule is CC(CCCC(F)(F)F)NCCCCC(N)=O. The van der Waals surface area contributed by atoms with Crippen LogP contribution >= 0.6 is 0 Å². The van der Waals surface area contributed by atoms with Crippen molar-refractivity contribution in [3.8, 4) is 0 Å². The first-order valence-corrected chi connectivity index (χ1v) is 5.89. The molecule has 102 valence electrons. The molecule has 0 fully saturated rings. The molecule has 3 nitrogen and oxygen atoms in total. The minimum Gasteiger partial charge on any atom is -0.370 e. The van der Waals surface area contributed by atoms with E-state index in [0.29, 0.717) is 19.4 Å². The second-order valence-corrected chi connectivity index (χ2v) is 4.29. The third-order valence-corrected chi connectivity index (χ3v) is 2.44. The summed E-state index contributed by atoms with van der Waals surface area (Å²) in [4.78, 5) is 10.4. The van der Waals surface area contributed by atoms with Crippen molar-refractivity contribution in [3.63, 3.8) is 0 Å². The molecule has 0 radical (unpaired) electrons. The summed E-state index contributed by atoms with van der Waals surface area (Å²) in [5.74, 6) is -0.316. The summed E-state index contributed by atoms with van der Waals surface area (Å²) in [6.07, 6.45) is -2.22. The molecule has 17 heavy (non-hydrogen) atoms. The van der Waals surface area contributed by atoms with E-state index in [1.54, 1.807) is 0 Å². The fourth-order valence-electron chi connectivity index (χ4n) is 1.48. The van der Waals surface area contributed by atoms with Gasteiger partial charge in [-0.25, -0.2) is 0 Å². The number of amides is 1. The average Bonchev–Trinajstić information content (AvgIpc) is 2.14. The molecule has 0 saturated carbocycles. The van der Waals surface area contributed by atoms with Gasteiger partial charge in [-0.05, 0) is 39.2 Å². The first kappa shape index (κ1) is 16.2. The van der Waals surface area contributed by atoms with Crippen LogP contribution in [0.25, 0.3) is 0 Å². The van der Waals surface area contributed by atoms with Gasteiger partial charge in [-0.3, -0.25) is 4.79 Å². The first-order valence-electron chi connectivity index (χ1n) is 5.89. The summed E-state index contributed by atoms with van der Waals surface area (Å²) in [5.41, 5.74) is 4.98. The number of carbonyl (C=O) groups excluding carboxylic acids is 1. The first-order chi connectivity index (χ1) is 7.81. The fourth-order valence-corrected chi connectivity index (χ4v) is 1.48. The molecule has 0 spiro atoms. The van der Waals surface area contributed by atoms with E-state index >= 15 is 0 Å². The van der Waals surface area contributed by atoms with Gasteiger partial charge in [0.2, 0.25) is 5.91 Å². The van der Waals surface area contributed by atoms with Gasteiger partial charge < -0.3 is 11.1 Å². The van der Waals surface area contributed by atoms with Crippen LogP contribution in [0.15, 0.2) is 0 Å². The Kier molecular flexibility index (Phi) is 7.95. The standard InChI is InChI=1S/C11H21F3N2O/c1-9(5-4-7-11(12,13)14)16-8-3-2-6-10(15)17/h9,16H,2-8H2,1H3,(H2,15,17). The van der Waals surface area contributed by atoms with Crippen LogP contribution in [0.1, 0.15) is 45.4 Å². The molecule has 0 aliphatic rings. The van der Waals surface area contributed by atoms with Crippen LogP contribution in [0.5, 0.6) is 0 Å². The largest absolute Gasteiger partial charge is 0.389 e. The van der Waals surface area contributed by atoms with Crippen LogP contribution < -0.4 is 11.1 Å². The lowest BCUT2D eigenvalue weighted by Crippen LogP contribution is -2.27. The topological polar surface area (TPSA) is 55.1 Å². The number of hydrogen-bond donors (Lipinski definition) is 2. The van der Waals surface area contributed by atoms with Gasteiger partial charge in [0, 0.05) is 18.9 Å². The van der Waals surface area contributed by atoms with Gasteiger partial charge in [0.05, 0.1) is 0 Å². The Morgan fingerprint density at radius 1 is 1.29 bits per heavy atom. The number of rotatable bonds is 9. The van der Waals surface area contributed by atoms with Crippen molar-refractivity contribution in [3.05, 3.63) is 0 Å². The van der Waals surface area contributed by atoms with Crippen LogP contribution in [-0.4, -0.2) is 24.7 Å². The van der Waals surface area contributed by atoms with E-state index in [1.807, 2.05) is 6.92 Å². The molecule has 0 aromatic carbocycles. The Balaban J connectivity index is 3.35. The lowest BCUT2D eigenvalue weighted by molar-refractivity contribution is -0.135. The molecule has 0 bridgehead atoms. The zero-order chi connectivity index (χ0) is 13.3. The summed E-state index contributed by atoms with van der Waals surface area (Å²) in [6.45, 7) is 2.57. The van der Waals surface area contributed by atoms with E-state index in [1.165, 1.54) is 0 Å². The Morgan fingerprint density at radius 3 is 2.47 bits per heavy atom. The van der Waals surface area contributed by atoms with Gasteiger partial charge in [-0.1, -0.05) is 0 Å². The third kappa shape index (κ3) is 13.2. The number of nitrogens with one attached hydrogen (secondary N) is 1. The monoisotopic (exact) mass is 254 g/mol. The Morgan fingerprint density at radius 2 is 1.94 bits per heavy atom. The predicted octanol–water partition coefficient (Wildman–Crippen LogP) is 2.35. The molecule has 0 saturated heterocycles.